The van der Waals surface area contributed by atoms with Gasteiger partial charge >= 0.3 is 0 Å². The first kappa shape index (κ1) is 23.2. The van der Waals surface area contributed by atoms with Gasteiger partial charge < -0.3 is 4.74 Å². The summed E-state index contributed by atoms with van der Waals surface area (Å²) in [5.74, 6) is 8.06. The zero-order chi connectivity index (χ0) is 21.6. The van der Waals surface area contributed by atoms with Gasteiger partial charge in [0.25, 0.3) is 0 Å². The van der Waals surface area contributed by atoms with Crippen LogP contribution in [0.25, 0.3) is 0 Å². The van der Waals surface area contributed by atoms with E-state index in [4.69, 9.17) is 4.74 Å². The molecule has 0 amide bonds. The highest BCUT2D eigenvalue weighted by Gasteiger charge is 2.00. The van der Waals surface area contributed by atoms with Crippen LogP contribution in [0.5, 0.6) is 5.75 Å². The van der Waals surface area contributed by atoms with E-state index in [1.165, 1.54) is 5.56 Å². The largest absolute Gasteiger partial charge is 0.494 e. The molecule has 0 aliphatic carbocycles. The van der Waals surface area contributed by atoms with Crippen LogP contribution in [0.4, 0.5) is 8.78 Å². The van der Waals surface area contributed by atoms with Gasteiger partial charge in [0, 0.05) is 11.1 Å². The van der Waals surface area contributed by atoms with Crippen molar-refractivity contribution >= 4 is 0 Å². The average Bonchev–Trinajstić information content (AvgIpc) is 2.78. The van der Waals surface area contributed by atoms with Crippen LogP contribution < -0.4 is 4.74 Å². The molecule has 0 aliphatic heterocycles. The summed E-state index contributed by atoms with van der Waals surface area (Å²) in [5, 5.41) is 0. The van der Waals surface area contributed by atoms with Gasteiger partial charge in [-0.05, 0) is 73.1 Å². The fraction of sp³-hybridized carbons (Fsp3) is 0.333. The second-order valence-corrected chi connectivity index (χ2v) is 7.01. The van der Waals surface area contributed by atoms with Crippen molar-refractivity contribution in [3.8, 4) is 29.4 Å². The van der Waals surface area contributed by atoms with Crippen molar-refractivity contribution in [2.45, 2.75) is 52.4 Å². The number of allylic oxidation sites excluding steroid dienone is 2. The molecule has 0 heterocycles. The van der Waals surface area contributed by atoms with Gasteiger partial charge in [-0.25, -0.2) is 0 Å². The fourth-order valence-electron chi connectivity index (χ4n) is 2.68. The van der Waals surface area contributed by atoms with Crippen LogP contribution in [0.2, 0.25) is 0 Å². The summed E-state index contributed by atoms with van der Waals surface area (Å²) < 4.78 is 33.4. The second-order valence-electron chi connectivity index (χ2n) is 7.01. The third kappa shape index (κ3) is 8.54. The van der Waals surface area contributed by atoms with Crippen LogP contribution in [-0.2, 0) is 6.42 Å². The third-order valence-corrected chi connectivity index (χ3v) is 4.47. The summed E-state index contributed by atoms with van der Waals surface area (Å²) in [6, 6.07) is 14.6. The quantitative estimate of drug-likeness (QED) is 0.334. The molecule has 30 heavy (non-hydrogen) atoms. The van der Waals surface area contributed by atoms with Crippen LogP contribution in [0, 0.1) is 23.7 Å². The monoisotopic (exact) mass is 406 g/mol. The zero-order valence-electron chi connectivity index (χ0n) is 17.7. The lowest BCUT2D eigenvalue weighted by Gasteiger charge is -2.05. The van der Waals surface area contributed by atoms with E-state index in [9.17, 15) is 8.78 Å². The Morgan fingerprint density at radius 3 is 1.80 bits per heavy atom. The number of aryl methyl sites for hydroxylation is 1. The van der Waals surface area contributed by atoms with Crippen LogP contribution >= 0.6 is 0 Å². The normalized spacial score (nSPS) is 10.9. The van der Waals surface area contributed by atoms with Gasteiger partial charge in [0.15, 0.2) is 0 Å². The minimum atomic E-state index is -1.16. The average molecular weight is 407 g/mol. The molecular formula is C27H28F2O. The van der Waals surface area contributed by atoms with E-state index in [2.05, 4.69) is 37.5 Å². The van der Waals surface area contributed by atoms with E-state index in [0.29, 0.717) is 17.7 Å². The minimum Gasteiger partial charge on any atom is -0.494 e. The van der Waals surface area contributed by atoms with E-state index in [-0.39, 0.29) is 0 Å². The van der Waals surface area contributed by atoms with Gasteiger partial charge in [0.05, 0.1) is 6.61 Å². The number of benzene rings is 2. The molecule has 0 N–H and O–H groups in total. The lowest BCUT2D eigenvalue weighted by Crippen LogP contribution is -1.96. The van der Waals surface area contributed by atoms with Gasteiger partial charge in [0.1, 0.15) is 5.75 Å². The molecule has 1 nitrogen and oxygen atoms in total. The molecule has 0 atom stereocenters. The molecule has 0 saturated carbocycles. The molecule has 0 saturated heterocycles. The first-order valence-electron chi connectivity index (χ1n) is 10.5. The molecule has 0 bridgehead atoms. The van der Waals surface area contributed by atoms with Crippen LogP contribution in [-0.4, -0.2) is 6.61 Å². The topological polar surface area (TPSA) is 9.23 Å². The van der Waals surface area contributed by atoms with Crippen molar-refractivity contribution in [2.24, 2.45) is 0 Å². The Bertz CT molecular complexity index is 933. The Hall–Kier alpha value is -3.04. The van der Waals surface area contributed by atoms with E-state index in [0.717, 1.165) is 44.3 Å². The number of halogens is 2. The summed E-state index contributed by atoms with van der Waals surface area (Å²) in [6.07, 6.45) is 6.55. The number of hydrogen-bond acceptors (Lipinski definition) is 1. The highest BCUT2D eigenvalue weighted by molar-refractivity contribution is 5.46. The Labute approximate surface area is 179 Å². The summed E-state index contributed by atoms with van der Waals surface area (Å²) in [5.41, 5.74) is 2.43. The van der Waals surface area contributed by atoms with E-state index < -0.39 is 11.7 Å². The van der Waals surface area contributed by atoms with Gasteiger partial charge in [0.2, 0.25) is 11.7 Å². The molecule has 0 fully saturated rings. The predicted molar refractivity (Wildman–Crippen MR) is 120 cm³/mol. The van der Waals surface area contributed by atoms with E-state index >= 15 is 0 Å². The molecular weight excluding hydrogens is 378 g/mol. The Morgan fingerprint density at radius 2 is 1.27 bits per heavy atom. The summed E-state index contributed by atoms with van der Waals surface area (Å²) >= 11 is 0. The third-order valence-electron chi connectivity index (χ3n) is 4.47. The van der Waals surface area contributed by atoms with Crippen molar-refractivity contribution in [3.63, 3.8) is 0 Å². The van der Waals surface area contributed by atoms with Crippen molar-refractivity contribution in [3.05, 3.63) is 76.9 Å². The highest BCUT2D eigenvalue weighted by Crippen LogP contribution is 2.13. The smallest absolute Gasteiger partial charge is 0.217 e. The van der Waals surface area contributed by atoms with E-state index in [1.54, 1.807) is 24.3 Å². The van der Waals surface area contributed by atoms with Gasteiger partial charge in [-0.15, -0.1) is 0 Å². The molecule has 0 aromatic heterocycles. The van der Waals surface area contributed by atoms with Crippen LogP contribution in [0.1, 0.15) is 62.6 Å². The lowest BCUT2D eigenvalue weighted by atomic mass is 10.1. The van der Waals surface area contributed by atoms with Crippen LogP contribution in [0.3, 0.4) is 0 Å². The molecule has 0 unspecified atom stereocenters. The molecule has 0 aliphatic rings. The second kappa shape index (κ2) is 13.2. The minimum absolute atomic E-state index is 0.578. The molecule has 2 aromatic rings. The standard InChI is InChI=1S/C27H28F2O/c1-3-5-7-21-30-25-17-13-24(14-18-25)16-20-27(29)26(28)19-15-23-11-9-22(10-12-23)8-6-4-2/h9-14,17-18H,3-8,21H2,1-2H3. The van der Waals surface area contributed by atoms with Crippen molar-refractivity contribution in [1.29, 1.82) is 0 Å². The zero-order valence-corrected chi connectivity index (χ0v) is 17.7. The number of ether oxygens (including phenoxy) is 1. The SMILES string of the molecule is CCCCCOc1ccc(C#CC(F)=C(F)C#Cc2ccc(CCCC)cc2)cc1. The van der Waals surface area contributed by atoms with Gasteiger partial charge in [-0.1, -0.05) is 57.1 Å². The summed E-state index contributed by atoms with van der Waals surface area (Å²) in [6.45, 7) is 4.95. The van der Waals surface area contributed by atoms with Crippen molar-refractivity contribution < 1.29 is 13.5 Å². The molecule has 3 heteroatoms. The number of hydrogen-bond donors (Lipinski definition) is 0. The predicted octanol–water partition coefficient (Wildman–Crippen LogP) is 7.15. The molecule has 0 radical (unpaired) electrons. The van der Waals surface area contributed by atoms with Gasteiger partial charge in [-0.3, -0.25) is 0 Å². The highest BCUT2D eigenvalue weighted by atomic mass is 19.2. The maximum atomic E-state index is 13.9. The van der Waals surface area contributed by atoms with Crippen molar-refractivity contribution in [2.75, 3.05) is 6.61 Å². The Morgan fingerprint density at radius 1 is 0.733 bits per heavy atom. The Balaban J connectivity index is 1.96. The molecule has 2 rings (SSSR count). The summed E-state index contributed by atoms with van der Waals surface area (Å²) in [4.78, 5) is 0. The van der Waals surface area contributed by atoms with E-state index in [1.807, 2.05) is 24.3 Å². The number of rotatable bonds is 8. The maximum absolute atomic E-state index is 13.9. The fourth-order valence-corrected chi connectivity index (χ4v) is 2.68. The first-order valence-corrected chi connectivity index (χ1v) is 10.5. The van der Waals surface area contributed by atoms with Crippen LogP contribution in [0.15, 0.2) is 60.2 Å². The first-order chi connectivity index (χ1) is 14.6. The van der Waals surface area contributed by atoms with Crippen molar-refractivity contribution in [1.82, 2.24) is 0 Å². The molecule has 156 valence electrons. The molecule has 0 spiro atoms. The molecule has 2 aromatic carbocycles. The maximum Gasteiger partial charge on any atom is 0.217 e. The number of unbranched alkanes of at least 4 members (excludes halogenated alkanes) is 3. The summed E-state index contributed by atoms with van der Waals surface area (Å²) in [7, 11) is 0. The lowest BCUT2D eigenvalue weighted by molar-refractivity contribution is 0.306. The van der Waals surface area contributed by atoms with Gasteiger partial charge in [-0.2, -0.15) is 8.78 Å². The Kier molecular flexibility index (Phi) is 10.3.